The molecule has 0 bridgehead atoms. The van der Waals surface area contributed by atoms with E-state index in [9.17, 15) is 0 Å². The van der Waals surface area contributed by atoms with E-state index in [1.807, 2.05) is 0 Å². The summed E-state index contributed by atoms with van der Waals surface area (Å²) >= 11 is 0. The molecule has 0 amide bonds. The van der Waals surface area contributed by atoms with Crippen LogP contribution in [0.3, 0.4) is 0 Å². The number of rotatable bonds is 0. The van der Waals surface area contributed by atoms with Crippen LogP contribution in [0.2, 0.25) is 0 Å². The van der Waals surface area contributed by atoms with Crippen LogP contribution in [0.4, 0.5) is 5.69 Å². The van der Waals surface area contributed by atoms with Gasteiger partial charge in [0, 0.05) is 11.3 Å². The second-order valence-electron chi connectivity index (χ2n) is 3.93. The second-order valence-corrected chi connectivity index (χ2v) is 3.93. The first-order chi connectivity index (χ1) is 6.84. The monoisotopic (exact) mass is 187 g/mol. The second kappa shape index (κ2) is 2.74. The van der Waals surface area contributed by atoms with Gasteiger partial charge in [-0.25, -0.2) is 4.99 Å². The Labute approximate surface area is 83.0 Å². The summed E-state index contributed by atoms with van der Waals surface area (Å²) in [5.41, 5.74) is 9.68. The van der Waals surface area contributed by atoms with Gasteiger partial charge in [0.1, 0.15) is 0 Å². The minimum absolute atomic E-state index is 0.302. The zero-order chi connectivity index (χ0) is 9.54. The predicted octanol–water partition coefficient (Wildman–Crippen LogP) is 1.80. The van der Waals surface area contributed by atoms with E-state index in [4.69, 9.17) is 5.73 Å². The number of nitrogens with zero attached hydrogens (tertiary/aromatic N) is 1. The predicted molar refractivity (Wildman–Crippen MR) is 57.4 cm³/mol. The van der Waals surface area contributed by atoms with Crippen molar-refractivity contribution in [3.63, 3.8) is 0 Å². The van der Waals surface area contributed by atoms with Crippen molar-refractivity contribution in [1.29, 1.82) is 0 Å². The van der Waals surface area contributed by atoms with Crippen LogP contribution in [-0.2, 0) is 6.42 Å². The first-order valence-electron chi connectivity index (χ1n) is 5.06. The first kappa shape index (κ1) is 7.85. The Balaban J connectivity index is 2.20. The third-order valence-electron chi connectivity index (χ3n) is 3.01. The zero-order valence-corrected chi connectivity index (χ0v) is 7.96. The third kappa shape index (κ3) is 1.02. The maximum Gasteiger partial charge on any atom is 0.193 e. The SMILES string of the molecule is NC1=NC2CCCc3cccc(c32)N1. The molecule has 1 aliphatic heterocycles. The molecule has 3 heteroatoms. The van der Waals surface area contributed by atoms with Crippen molar-refractivity contribution in [3.05, 3.63) is 29.3 Å². The van der Waals surface area contributed by atoms with Crippen LogP contribution >= 0.6 is 0 Å². The normalized spacial score (nSPS) is 23.4. The van der Waals surface area contributed by atoms with E-state index in [1.165, 1.54) is 24.0 Å². The molecule has 1 aliphatic carbocycles. The van der Waals surface area contributed by atoms with Gasteiger partial charge in [0.25, 0.3) is 0 Å². The van der Waals surface area contributed by atoms with Crippen LogP contribution in [0, 0.1) is 0 Å². The zero-order valence-electron chi connectivity index (χ0n) is 7.96. The molecule has 0 saturated carbocycles. The maximum absolute atomic E-state index is 5.73. The summed E-state index contributed by atoms with van der Waals surface area (Å²) < 4.78 is 0. The van der Waals surface area contributed by atoms with Crippen molar-refractivity contribution >= 4 is 11.6 Å². The lowest BCUT2D eigenvalue weighted by molar-refractivity contribution is 0.570. The average molecular weight is 187 g/mol. The van der Waals surface area contributed by atoms with Crippen LogP contribution in [0.15, 0.2) is 23.2 Å². The average Bonchev–Trinajstić information content (AvgIpc) is 2.18. The molecule has 0 aromatic heterocycles. The molecule has 1 aromatic rings. The summed E-state index contributed by atoms with van der Waals surface area (Å²) in [6.45, 7) is 0. The van der Waals surface area contributed by atoms with E-state index in [0.717, 1.165) is 12.1 Å². The highest BCUT2D eigenvalue weighted by molar-refractivity contribution is 5.95. The van der Waals surface area contributed by atoms with E-state index in [-0.39, 0.29) is 0 Å². The number of aliphatic imine (C=N–C) groups is 1. The minimum atomic E-state index is 0.302. The number of nitrogens with two attached hydrogens (primary N) is 1. The first-order valence-corrected chi connectivity index (χ1v) is 5.06. The van der Waals surface area contributed by atoms with Crippen molar-refractivity contribution in [3.8, 4) is 0 Å². The van der Waals surface area contributed by atoms with Crippen molar-refractivity contribution in [2.24, 2.45) is 10.7 Å². The molecule has 1 atom stereocenters. The van der Waals surface area contributed by atoms with E-state index in [1.54, 1.807) is 0 Å². The smallest absolute Gasteiger partial charge is 0.193 e. The van der Waals surface area contributed by atoms with Gasteiger partial charge in [0.2, 0.25) is 0 Å². The minimum Gasteiger partial charge on any atom is -0.370 e. The van der Waals surface area contributed by atoms with Crippen molar-refractivity contribution in [2.75, 3.05) is 5.32 Å². The molecule has 0 saturated heterocycles. The molecule has 72 valence electrons. The van der Waals surface area contributed by atoms with Gasteiger partial charge >= 0.3 is 0 Å². The lowest BCUT2D eigenvalue weighted by Crippen LogP contribution is -2.29. The van der Waals surface area contributed by atoms with Crippen LogP contribution in [0.5, 0.6) is 0 Å². The van der Waals surface area contributed by atoms with Crippen LogP contribution in [0.1, 0.15) is 30.0 Å². The number of guanidine groups is 1. The molecule has 14 heavy (non-hydrogen) atoms. The summed E-state index contributed by atoms with van der Waals surface area (Å²) in [6, 6.07) is 6.67. The Kier molecular flexibility index (Phi) is 1.54. The summed E-state index contributed by atoms with van der Waals surface area (Å²) in [4.78, 5) is 4.44. The molecule has 1 heterocycles. The molecule has 1 unspecified atom stereocenters. The Morgan fingerprint density at radius 1 is 1.43 bits per heavy atom. The lowest BCUT2D eigenvalue weighted by atomic mass is 9.86. The molecule has 3 nitrogen and oxygen atoms in total. The fraction of sp³-hybridized carbons (Fsp3) is 0.364. The maximum atomic E-state index is 5.73. The van der Waals surface area contributed by atoms with Gasteiger partial charge in [0.05, 0.1) is 6.04 Å². The molecular formula is C11H13N3. The van der Waals surface area contributed by atoms with Crippen molar-refractivity contribution in [2.45, 2.75) is 25.3 Å². The van der Waals surface area contributed by atoms with Gasteiger partial charge in [0.15, 0.2) is 5.96 Å². The Morgan fingerprint density at radius 2 is 2.36 bits per heavy atom. The largest absolute Gasteiger partial charge is 0.370 e. The molecule has 3 N–H and O–H groups in total. The highest BCUT2D eigenvalue weighted by Crippen LogP contribution is 2.39. The van der Waals surface area contributed by atoms with Gasteiger partial charge < -0.3 is 11.1 Å². The van der Waals surface area contributed by atoms with E-state index in [0.29, 0.717) is 12.0 Å². The fourth-order valence-corrected chi connectivity index (χ4v) is 2.43. The van der Waals surface area contributed by atoms with Gasteiger partial charge in [-0.3, -0.25) is 0 Å². The van der Waals surface area contributed by atoms with E-state index < -0.39 is 0 Å². The van der Waals surface area contributed by atoms with Crippen LogP contribution in [-0.4, -0.2) is 5.96 Å². The Bertz CT molecular complexity index is 409. The molecule has 0 spiro atoms. The molecular weight excluding hydrogens is 174 g/mol. The Morgan fingerprint density at radius 3 is 3.29 bits per heavy atom. The van der Waals surface area contributed by atoms with Crippen LogP contribution < -0.4 is 11.1 Å². The van der Waals surface area contributed by atoms with Gasteiger partial charge in [-0.15, -0.1) is 0 Å². The Hall–Kier alpha value is -1.51. The fourth-order valence-electron chi connectivity index (χ4n) is 2.43. The van der Waals surface area contributed by atoms with Crippen molar-refractivity contribution < 1.29 is 0 Å². The summed E-state index contributed by atoms with van der Waals surface area (Å²) in [5.74, 6) is 0.557. The van der Waals surface area contributed by atoms with E-state index in [2.05, 4.69) is 28.5 Å². The third-order valence-corrected chi connectivity index (χ3v) is 3.01. The molecule has 3 rings (SSSR count). The number of hydrogen-bond donors (Lipinski definition) is 2. The topological polar surface area (TPSA) is 50.4 Å². The number of anilines is 1. The molecule has 0 radical (unpaired) electrons. The number of nitrogens with one attached hydrogen (secondary N) is 1. The van der Waals surface area contributed by atoms with Gasteiger partial charge in [-0.05, 0) is 30.9 Å². The molecule has 1 aromatic carbocycles. The number of hydrogen-bond acceptors (Lipinski definition) is 3. The molecule has 0 fully saturated rings. The highest BCUT2D eigenvalue weighted by atomic mass is 15.1. The number of benzene rings is 1. The van der Waals surface area contributed by atoms with Crippen molar-refractivity contribution in [1.82, 2.24) is 0 Å². The van der Waals surface area contributed by atoms with Gasteiger partial charge in [-0.2, -0.15) is 0 Å². The summed E-state index contributed by atoms with van der Waals surface area (Å²) in [6.07, 6.45) is 3.53. The quantitative estimate of drug-likeness (QED) is 0.650. The van der Waals surface area contributed by atoms with Crippen LogP contribution in [0.25, 0.3) is 0 Å². The highest BCUT2D eigenvalue weighted by Gasteiger charge is 2.25. The summed E-state index contributed by atoms with van der Waals surface area (Å²) in [7, 11) is 0. The molecule has 2 aliphatic rings. The number of aryl methyl sites for hydroxylation is 1. The van der Waals surface area contributed by atoms with E-state index >= 15 is 0 Å². The van der Waals surface area contributed by atoms with Gasteiger partial charge in [-0.1, -0.05) is 12.1 Å². The summed E-state index contributed by atoms with van der Waals surface area (Å²) in [5, 5.41) is 3.13. The lowest BCUT2D eigenvalue weighted by Gasteiger charge is -2.29. The standard InChI is InChI=1S/C11H13N3/c12-11-13-8-5-1-3-7-4-2-6-9(14-11)10(7)8/h1,3,5,9H,2,4,6H2,(H3,12,13,14).